The van der Waals surface area contributed by atoms with Gasteiger partial charge in [-0.15, -0.1) is 0 Å². The number of anilines is 1. The maximum absolute atomic E-state index is 13.1. The number of sulfonamides is 1. The maximum Gasteiger partial charge on any atom is 0.264 e. The van der Waals surface area contributed by atoms with Crippen molar-refractivity contribution in [1.29, 1.82) is 0 Å². The van der Waals surface area contributed by atoms with Crippen LogP contribution in [0.15, 0.2) is 76.2 Å². The lowest BCUT2D eigenvalue weighted by molar-refractivity contribution is 0.508. The molecule has 0 aliphatic rings. The zero-order valence-corrected chi connectivity index (χ0v) is 14.5. The first-order valence-corrected chi connectivity index (χ1v) is 9.09. The lowest BCUT2D eigenvalue weighted by Gasteiger charge is -2.24. The summed E-state index contributed by atoms with van der Waals surface area (Å²) in [5, 5.41) is 0. The molecule has 0 spiro atoms. The van der Waals surface area contributed by atoms with E-state index >= 15 is 0 Å². The first kappa shape index (κ1) is 16.3. The van der Waals surface area contributed by atoms with Crippen LogP contribution in [0.5, 0.6) is 0 Å². The highest BCUT2D eigenvalue weighted by Crippen LogP contribution is 2.26. The van der Waals surface area contributed by atoms with Gasteiger partial charge in [-0.3, -0.25) is 4.31 Å². The normalized spacial score (nSPS) is 11.4. The molecule has 0 fully saturated rings. The molecule has 0 N–H and O–H groups in total. The van der Waals surface area contributed by atoms with Crippen molar-refractivity contribution in [2.75, 3.05) is 4.31 Å². The number of aryl methyl sites for hydroxylation is 2. The first-order valence-electron chi connectivity index (χ1n) is 7.65. The molecule has 0 aliphatic carbocycles. The summed E-state index contributed by atoms with van der Waals surface area (Å²) in [6.45, 7) is 4.04. The summed E-state index contributed by atoms with van der Waals surface area (Å²) >= 11 is 0. The van der Waals surface area contributed by atoms with Crippen LogP contribution in [0.25, 0.3) is 0 Å². The summed E-state index contributed by atoms with van der Waals surface area (Å²) in [5.74, 6) is 0.589. The van der Waals surface area contributed by atoms with Gasteiger partial charge in [-0.05, 0) is 50.2 Å². The summed E-state index contributed by atoms with van der Waals surface area (Å²) in [7, 11) is -3.69. The zero-order chi connectivity index (χ0) is 17.2. The van der Waals surface area contributed by atoms with Gasteiger partial charge in [0.2, 0.25) is 0 Å². The van der Waals surface area contributed by atoms with Gasteiger partial charge in [0.15, 0.2) is 0 Å². The van der Waals surface area contributed by atoms with Crippen molar-refractivity contribution in [3.63, 3.8) is 0 Å². The van der Waals surface area contributed by atoms with Crippen molar-refractivity contribution >= 4 is 15.7 Å². The van der Waals surface area contributed by atoms with Gasteiger partial charge in [-0.25, -0.2) is 8.42 Å². The van der Waals surface area contributed by atoms with Crippen LogP contribution in [-0.4, -0.2) is 8.42 Å². The third kappa shape index (κ3) is 3.36. The molecule has 0 amide bonds. The summed E-state index contributed by atoms with van der Waals surface area (Å²) < 4.78 is 33.0. The minimum atomic E-state index is -3.69. The van der Waals surface area contributed by atoms with Crippen molar-refractivity contribution in [3.8, 4) is 0 Å². The van der Waals surface area contributed by atoms with E-state index in [0.717, 1.165) is 11.1 Å². The van der Waals surface area contributed by atoms with E-state index in [2.05, 4.69) is 0 Å². The molecule has 3 rings (SSSR count). The van der Waals surface area contributed by atoms with E-state index < -0.39 is 10.0 Å². The van der Waals surface area contributed by atoms with E-state index in [4.69, 9.17) is 4.42 Å². The lowest BCUT2D eigenvalue weighted by Crippen LogP contribution is -2.30. The van der Waals surface area contributed by atoms with Crippen molar-refractivity contribution < 1.29 is 12.8 Å². The fourth-order valence-corrected chi connectivity index (χ4v) is 3.84. The summed E-state index contributed by atoms with van der Waals surface area (Å²) in [4.78, 5) is 0.264. The van der Waals surface area contributed by atoms with Crippen LogP contribution in [0.2, 0.25) is 0 Å². The molecule has 1 aromatic heterocycles. The Labute approximate surface area is 142 Å². The lowest BCUT2D eigenvalue weighted by atomic mass is 10.2. The first-order chi connectivity index (χ1) is 11.5. The number of nitrogens with zero attached hydrogens (tertiary/aromatic N) is 1. The monoisotopic (exact) mass is 341 g/mol. The van der Waals surface area contributed by atoms with E-state index in [1.165, 1.54) is 4.31 Å². The zero-order valence-electron chi connectivity index (χ0n) is 13.6. The van der Waals surface area contributed by atoms with Gasteiger partial charge >= 0.3 is 0 Å². The second-order valence-corrected chi connectivity index (χ2v) is 7.60. The number of hydrogen-bond donors (Lipinski definition) is 0. The quantitative estimate of drug-likeness (QED) is 0.695. The molecule has 0 saturated carbocycles. The Morgan fingerprint density at radius 2 is 1.46 bits per heavy atom. The fourth-order valence-electron chi connectivity index (χ4n) is 2.41. The summed E-state index contributed by atoms with van der Waals surface area (Å²) in [6, 6.07) is 17.8. The number of hydrogen-bond acceptors (Lipinski definition) is 3. The van der Waals surface area contributed by atoms with Crippen LogP contribution < -0.4 is 4.31 Å². The molecule has 0 aliphatic heterocycles. The maximum atomic E-state index is 13.1. The van der Waals surface area contributed by atoms with E-state index in [0.29, 0.717) is 11.4 Å². The van der Waals surface area contributed by atoms with E-state index in [9.17, 15) is 8.42 Å². The van der Waals surface area contributed by atoms with Gasteiger partial charge in [0.25, 0.3) is 10.0 Å². The Balaban J connectivity index is 2.05. The van der Waals surface area contributed by atoms with Crippen molar-refractivity contribution in [3.05, 3.63) is 83.8 Å². The molecule has 0 atom stereocenters. The van der Waals surface area contributed by atoms with Gasteiger partial charge in [-0.2, -0.15) is 0 Å². The van der Waals surface area contributed by atoms with Gasteiger partial charge in [0.05, 0.1) is 23.4 Å². The van der Waals surface area contributed by atoms with Crippen molar-refractivity contribution in [2.45, 2.75) is 25.3 Å². The molecule has 0 saturated heterocycles. The van der Waals surface area contributed by atoms with Gasteiger partial charge in [-0.1, -0.05) is 35.4 Å². The van der Waals surface area contributed by atoms with Crippen LogP contribution in [0.3, 0.4) is 0 Å². The molecule has 5 heteroatoms. The van der Waals surface area contributed by atoms with Crippen molar-refractivity contribution in [2.24, 2.45) is 0 Å². The molecule has 24 heavy (non-hydrogen) atoms. The minimum Gasteiger partial charge on any atom is -0.467 e. The molecule has 4 nitrogen and oxygen atoms in total. The Morgan fingerprint density at radius 1 is 0.875 bits per heavy atom. The smallest absolute Gasteiger partial charge is 0.264 e. The Hall–Kier alpha value is -2.53. The number of furan rings is 1. The van der Waals surface area contributed by atoms with Crippen LogP contribution in [0.1, 0.15) is 16.9 Å². The molecule has 3 aromatic rings. The third-order valence-corrected chi connectivity index (χ3v) is 5.60. The average Bonchev–Trinajstić information content (AvgIpc) is 3.07. The third-order valence-electron chi connectivity index (χ3n) is 3.81. The van der Waals surface area contributed by atoms with Crippen LogP contribution in [0.4, 0.5) is 5.69 Å². The number of benzene rings is 2. The molecule has 124 valence electrons. The van der Waals surface area contributed by atoms with E-state index in [1.54, 1.807) is 42.7 Å². The van der Waals surface area contributed by atoms with Gasteiger partial charge in [0.1, 0.15) is 5.76 Å². The highest BCUT2D eigenvalue weighted by Gasteiger charge is 2.25. The summed E-state index contributed by atoms with van der Waals surface area (Å²) in [6.07, 6.45) is 1.54. The summed E-state index contributed by atoms with van der Waals surface area (Å²) in [5.41, 5.74) is 2.70. The molecular weight excluding hydrogens is 322 g/mol. The van der Waals surface area contributed by atoms with Gasteiger partial charge in [0, 0.05) is 0 Å². The highest BCUT2D eigenvalue weighted by molar-refractivity contribution is 7.92. The minimum absolute atomic E-state index is 0.145. The molecule has 1 heterocycles. The van der Waals surface area contributed by atoms with Crippen molar-refractivity contribution in [1.82, 2.24) is 0 Å². The Morgan fingerprint density at radius 3 is 2.00 bits per heavy atom. The van der Waals surface area contributed by atoms with Crippen LogP contribution in [-0.2, 0) is 16.6 Å². The van der Waals surface area contributed by atoms with E-state index in [-0.39, 0.29) is 11.4 Å². The predicted molar refractivity (Wildman–Crippen MR) is 94.4 cm³/mol. The highest BCUT2D eigenvalue weighted by atomic mass is 32.2. The van der Waals surface area contributed by atoms with Gasteiger partial charge < -0.3 is 4.42 Å². The fraction of sp³-hybridized carbons (Fsp3) is 0.158. The second-order valence-electron chi connectivity index (χ2n) is 5.74. The Bertz CT molecular complexity index is 896. The van der Waals surface area contributed by atoms with Crippen LogP contribution in [0, 0.1) is 13.8 Å². The molecular formula is C19H19NO3S. The number of rotatable bonds is 5. The second kappa shape index (κ2) is 6.53. The molecule has 0 radical (unpaired) electrons. The van der Waals surface area contributed by atoms with Crippen LogP contribution >= 0.6 is 0 Å². The molecule has 2 aromatic carbocycles. The SMILES string of the molecule is Cc1ccc(N(Cc2ccco2)S(=O)(=O)c2ccc(C)cc2)cc1. The Kier molecular flexibility index (Phi) is 4.44. The topological polar surface area (TPSA) is 50.5 Å². The predicted octanol–water partition coefficient (Wildman–Crippen LogP) is 4.29. The largest absolute Gasteiger partial charge is 0.467 e. The molecule has 0 bridgehead atoms. The standard InChI is InChI=1S/C19H19NO3S/c1-15-5-9-17(10-6-15)20(14-18-4-3-13-23-18)24(21,22)19-11-7-16(2)8-12-19/h3-13H,14H2,1-2H3. The average molecular weight is 341 g/mol. The van der Waals surface area contributed by atoms with E-state index in [1.807, 2.05) is 38.1 Å². The molecule has 0 unspecified atom stereocenters.